The van der Waals surface area contributed by atoms with E-state index in [1.165, 1.54) is 96.0 Å². The monoisotopic (exact) mass is 655 g/mol. The Morgan fingerprint density at radius 1 is 0.600 bits per heavy atom. The molecule has 0 aliphatic rings. The molecule has 0 aliphatic carbocycles. The second-order valence-electron chi connectivity index (χ2n) is 12.6. The van der Waals surface area contributed by atoms with Crippen molar-refractivity contribution in [3.8, 4) is 0 Å². The molecule has 0 rings (SSSR count). The van der Waals surface area contributed by atoms with Crippen LogP contribution in [0.2, 0.25) is 0 Å². The number of nitrogens with one attached hydrogen (secondary N) is 1. The number of rotatable bonds is 32. The van der Waals surface area contributed by atoms with Gasteiger partial charge in [-0.25, -0.2) is 0 Å². The second-order valence-corrected chi connectivity index (χ2v) is 14.1. The highest BCUT2D eigenvalue weighted by atomic mass is 32.2. The Morgan fingerprint density at radius 2 is 1.04 bits per heavy atom. The molecule has 0 heterocycles. The highest BCUT2D eigenvalue weighted by Gasteiger charge is 2.27. The minimum absolute atomic E-state index is 0.266. The Kier molecular flexibility index (Phi) is 30.1. The Hall–Kier alpha value is -1.48. The van der Waals surface area contributed by atoms with Crippen molar-refractivity contribution >= 4 is 16.0 Å². The van der Waals surface area contributed by atoms with Crippen LogP contribution in [0.3, 0.4) is 0 Å². The molecule has 0 bridgehead atoms. The van der Waals surface area contributed by atoms with Gasteiger partial charge < -0.3 is 15.5 Å². The van der Waals surface area contributed by atoms with E-state index < -0.39 is 40.0 Å². The lowest BCUT2D eigenvalue weighted by Crippen LogP contribution is -2.50. The molecule has 7 nitrogen and oxygen atoms in total. The van der Waals surface area contributed by atoms with Crippen LogP contribution in [-0.4, -0.2) is 53.1 Å². The molecule has 0 aliphatic heterocycles. The predicted octanol–water partition coefficient (Wildman–Crippen LogP) is 9.15. The molecule has 264 valence electrons. The Labute approximate surface area is 277 Å². The van der Waals surface area contributed by atoms with Crippen LogP contribution < -0.4 is 5.32 Å². The standard InChI is InChI=1S/C37H69NO6S/c1-3-5-7-9-11-12-13-14-15-16-17-18-19-20-21-22-23-24-26-28-30-32-36(40)37(41)38-34(33-45(42,43)44)35(39)31-29-27-25-10-8-6-4-2/h8,10,19-20,29,31,34-36,39-40H,3-7,9,11-18,21-28,30,32-33H2,1-2H3,(H,38,41)(H,42,43,44)/b10-8+,20-19-,31-29+. The zero-order valence-corrected chi connectivity index (χ0v) is 29.7. The molecule has 45 heavy (non-hydrogen) atoms. The van der Waals surface area contributed by atoms with Gasteiger partial charge in [-0.15, -0.1) is 0 Å². The molecule has 3 atom stereocenters. The van der Waals surface area contributed by atoms with Crippen molar-refractivity contribution in [3.63, 3.8) is 0 Å². The second kappa shape index (κ2) is 31.1. The molecule has 0 fully saturated rings. The molecule has 0 saturated heterocycles. The first-order valence-corrected chi connectivity index (χ1v) is 19.9. The van der Waals surface area contributed by atoms with Crippen LogP contribution in [-0.2, 0) is 14.9 Å². The lowest BCUT2D eigenvalue weighted by atomic mass is 10.0. The van der Waals surface area contributed by atoms with Crippen LogP contribution in [0.15, 0.2) is 36.5 Å². The molecule has 8 heteroatoms. The molecule has 4 N–H and O–H groups in total. The van der Waals surface area contributed by atoms with Crippen LogP contribution in [0.1, 0.15) is 168 Å². The third kappa shape index (κ3) is 30.9. The summed E-state index contributed by atoms with van der Waals surface area (Å²) in [5.41, 5.74) is 0. The zero-order chi connectivity index (χ0) is 33.4. The highest BCUT2D eigenvalue weighted by molar-refractivity contribution is 7.85. The summed E-state index contributed by atoms with van der Waals surface area (Å²) in [5, 5.41) is 23.1. The highest BCUT2D eigenvalue weighted by Crippen LogP contribution is 2.14. The van der Waals surface area contributed by atoms with E-state index in [2.05, 4.69) is 37.4 Å². The van der Waals surface area contributed by atoms with Gasteiger partial charge in [-0.05, 0) is 51.4 Å². The van der Waals surface area contributed by atoms with Gasteiger partial charge >= 0.3 is 0 Å². The molecule has 0 saturated carbocycles. The maximum Gasteiger partial charge on any atom is 0.267 e. The number of allylic oxidation sites excluding steroid dienone is 5. The zero-order valence-electron chi connectivity index (χ0n) is 28.8. The summed E-state index contributed by atoms with van der Waals surface area (Å²) in [4.78, 5) is 12.5. The average Bonchev–Trinajstić information content (AvgIpc) is 3.00. The van der Waals surface area contributed by atoms with E-state index in [1.54, 1.807) is 6.08 Å². The molecular weight excluding hydrogens is 586 g/mol. The lowest BCUT2D eigenvalue weighted by Gasteiger charge is -2.22. The molecular formula is C37H69NO6S. The first kappa shape index (κ1) is 43.5. The van der Waals surface area contributed by atoms with E-state index in [9.17, 15) is 28.0 Å². The summed E-state index contributed by atoms with van der Waals surface area (Å²) in [6, 6.07) is -1.25. The van der Waals surface area contributed by atoms with Crippen molar-refractivity contribution in [3.05, 3.63) is 36.5 Å². The van der Waals surface area contributed by atoms with Gasteiger partial charge in [-0.3, -0.25) is 9.35 Å². The minimum Gasteiger partial charge on any atom is -0.387 e. The third-order valence-corrected chi connectivity index (χ3v) is 8.91. The number of unbranched alkanes of at least 4 members (excludes halogenated alkanes) is 19. The number of carbonyl (C=O) groups is 1. The van der Waals surface area contributed by atoms with E-state index in [0.29, 0.717) is 12.8 Å². The quantitative estimate of drug-likeness (QED) is 0.0326. The van der Waals surface area contributed by atoms with Crippen LogP contribution in [0, 0.1) is 0 Å². The molecule has 0 aromatic rings. The van der Waals surface area contributed by atoms with E-state index in [4.69, 9.17) is 0 Å². The maximum absolute atomic E-state index is 12.5. The van der Waals surface area contributed by atoms with Gasteiger partial charge in [-0.1, -0.05) is 153 Å². The van der Waals surface area contributed by atoms with Crippen LogP contribution in [0.4, 0.5) is 0 Å². The topological polar surface area (TPSA) is 124 Å². The summed E-state index contributed by atoms with van der Waals surface area (Å²) in [6.45, 7) is 4.37. The number of aliphatic hydroxyl groups is 2. The average molecular weight is 656 g/mol. The number of hydrogen-bond acceptors (Lipinski definition) is 5. The summed E-state index contributed by atoms with van der Waals surface area (Å²) < 4.78 is 32.2. The van der Waals surface area contributed by atoms with Gasteiger partial charge in [0.1, 0.15) is 6.10 Å². The fraction of sp³-hybridized carbons (Fsp3) is 0.811. The van der Waals surface area contributed by atoms with Crippen molar-refractivity contribution < 1.29 is 28.0 Å². The van der Waals surface area contributed by atoms with Crippen molar-refractivity contribution in [1.29, 1.82) is 0 Å². The number of amides is 1. The summed E-state index contributed by atoms with van der Waals surface area (Å²) >= 11 is 0. The Morgan fingerprint density at radius 3 is 1.56 bits per heavy atom. The summed E-state index contributed by atoms with van der Waals surface area (Å²) in [7, 11) is -4.44. The third-order valence-electron chi connectivity index (χ3n) is 8.13. The Bertz CT molecular complexity index is 870. The van der Waals surface area contributed by atoms with Crippen molar-refractivity contribution in [2.75, 3.05) is 5.75 Å². The molecule has 0 aromatic heterocycles. The number of carbonyl (C=O) groups excluding carboxylic acids is 1. The van der Waals surface area contributed by atoms with E-state index in [1.807, 2.05) is 6.08 Å². The first-order chi connectivity index (χ1) is 21.7. The molecule has 0 aromatic carbocycles. The first-order valence-electron chi connectivity index (χ1n) is 18.3. The van der Waals surface area contributed by atoms with Gasteiger partial charge in [-0.2, -0.15) is 8.42 Å². The van der Waals surface area contributed by atoms with E-state index >= 15 is 0 Å². The van der Waals surface area contributed by atoms with Crippen LogP contribution in [0.25, 0.3) is 0 Å². The van der Waals surface area contributed by atoms with Crippen LogP contribution >= 0.6 is 0 Å². The van der Waals surface area contributed by atoms with E-state index in [0.717, 1.165) is 44.9 Å². The molecule has 3 unspecified atom stereocenters. The summed E-state index contributed by atoms with van der Waals surface area (Å²) in [5.74, 6) is -1.57. The van der Waals surface area contributed by atoms with Gasteiger partial charge in [0.15, 0.2) is 0 Å². The van der Waals surface area contributed by atoms with Gasteiger partial charge in [0.05, 0.1) is 17.9 Å². The molecule has 0 radical (unpaired) electrons. The van der Waals surface area contributed by atoms with Gasteiger partial charge in [0, 0.05) is 0 Å². The number of hydrogen-bond donors (Lipinski definition) is 4. The lowest BCUT2D eigenvalue weighted by molar-refractivity contribution is -0.130. The predicted molar refractivity (Wildman–Crippen MR) is 190 cm³/mol. The van der Waals surface area contributed by atoms with Crippen LogP contribution in [0.5, 0.6) is 0 Å². The summed E-state index contributed by atoms with van der Waals surface area (Å²) in [6.07, 6.45) is 36.7. The smallest absolute Gasteiger partial charge is 0.267 e. The Balaban J connectivity index is 3.94. The fourth-order valence-electron chi connectivity index (χ4n) is 5.30. The number of aliphatic hydroxyl groups excluding tert-OH is 2. The SMILES string of the molecule is CCC/C=C/CC/C=C/C(O)C(CS(=O)(=O)O)NC(=O)C(O)CCCCCCCC/C=C\CCCCCCCCCCCCC. The molecule has 0 spiro atoms. The van der Waals surface area contributed by atoms with E-state index in [-0.39, 0.29) is 6.42 Å². The minimum atomic E-state index is -4.44. The van der Waals surface area contributed by atoms with Crippen molar-refractivity contribution in [1.82, 2.24) is 5.32 Å². The maximum atomic E-state index is 12.5. The van der Waals surface area contributed by atoms with Gasteiger partial charge in [0.2, 0.25) is 5.91 Å². The molecule has 1 amide bonds. The van der Waals surface area contributed by atoms with Crippen molar-refractivity contribution in [2.24, 2.45) is 0 Å². The van der Waals surface area contributed by atoms with Gasteiger partial charge in [0.25, 0.3) is 10.1 Å². The fourth-order valence-corrected chi connectivity index (χ4v) is 6.03. The normalized spacial score (nSPS) is 14.5. The largest absolute Gasteiger partial charge is 0.387 e. The van der Waals surface area contributed by atoms with Crippen molar-refractivity contribution in [2.45, 2.75) is 186 Å².